The Morgan fingerprint density at radius 3 is 2.47 bits per heavy atom. The van der Waals surface area contributed by atoms with Crippen LogP contribution in [-0.4, -0.2) is 0 Å². The summed E-state index contributed by atoms with van der Waals surface area (Å²) in [5.41, 5.74) is 4.26. The fraction of sp³-hybridized carbons (Fsp3) is 0.500. The molecule has 4 rings (SSSR count). The zero-order chi connectivity index (χ0) is 20.9. The Hall–Kier alpha value is -2.14. The van der Waals surface area contributed by atoms with Crippen LogP contribution in [0.25, 0.3) is 0 Å². The molecule has 0 N–H and O–H groups in total. The highest BCUT2D eigenvalue weighted by atomic mass is 19.1. The second-order valence-corrected chi connectivity index (χ2v) is 9.26. The van der Waals surface area contributed by atoms with E-state index in [0.717, 1.165) is 29.9 Å². The van der Waals surface area contributed by atoms with Crippen molar-refractivity contribution in [2.75, 3.05) is 0 Å². The van der Waals surface area contributed by atoms with Crippen molar-refractivity contribution >= 4 is 0 Å². The Morgan fingerprint density at radius 2 is 1.67 bits per heavy atom. The third-order valence-corrected chi connectivity index (χ3v) is 7.10. The van der Waals surface area contributed by atoms with Gasteiger partial charge >= 0.3 is 0 Å². The highest BCUT2D eigenvalue weighted by Crippen LogP contribution is 2.48. The summed E-state index contributed by atoms with van der Waals surface area (Å²) < 4.78 is 26.7. The molecule has 30 heavy (non-hydrogen) atoms. The molecule has 0 nitrogen and oxygen atoms in total. The largest absolute Gasteiger partial charge is 0.207 e. The Kier molecular flexibility index (Phi) is 6.88. The standard InChI is InChI=1S/C28H32F2/c1-2-3-4-5-6-20-9-13-27-23(15-20)11-12-24-16-21(10-14-28(24)27)7-8-22-17-25(29)19-26(30)18-22/h10,14,16-20,23,27H,2-6,9,11-13,15H2,1H3. The van der Waals surface area contributed by atoms with E-state index in [0.29, 0.717) is 11.5 Å². The number of aryl methyl sites for hydroxylation is 1. The summed E-state index contributed by atoms with van der Waals surface area (Å²) in [5, 5.41) is 0. The average molecular weight is 407 g/mol. The van der Waals surface area contributed by atoms with Gasteiger partial charge in [0.15, 0.2) is 0 Å². The van der Waals surface area contributed by atoms with Crippen LogP contribution in [-0.2, 0) is 6.42 Å². The van der Waals surface area contributed by atoms with Crippen LogP contribution >= 0.6 is 0 Å². The quantitative estimate of drug-likeness (QED) is 0.351. The van der Waals surface area contributed by atoms with Crippen LogP contribution in [0, 0.1) is 35.3 Å². The molecule has 0 spiro atoms. The second-order valence-electron chi connectivity index (χ2n) is 9.26. The molecule has 0 heterocycles. The Morgan fingerprint density at radius 1 is 0.867 bits per heavy atom. The molecular formula is C28H32F2. The molecule has 0 aliphatic heterocycles. The Bertz CT molecular complexity index is 913. The van der Waals surface area contributed by atoms with Gasteiger partial charge in [0.05, 0.1) is 0 Å². The molecule has 2 heteroatoms. The minimum absolute atomic E-state index is 0.377. The molecule has 2 aromatic rings. The van der Waals surface area contributed by atoms with E-state index in [-0.39, 0.29) is 0 Å². The first-order valence-electron chi connectivity index (χ1n) is 11.7. The third kappa shape index (κ3) is 5.12. The van der Waals surface area contributed by atoms with Gasteiger partial charge in [-0.3, -0.25) is 0 Å². The van der Waals surface area contributed by atoms with Gasteiger partial charge < -0.3 is 0 Å². The molecule has 0 saturated heterocycles. The number of unbranched alkanes of at least 4 members (excludes halogenated alkanes) is 3. The first kappa shape index (κ1) is 21.1. The van der Waals surface area contributed by atoms with E-state index in [9.17, 15) is 8.78 Å². The zero-order valence-electron chi connectivity index (χ0n) is 18.0. The summed E-state index contributed by atoms with van der Waals surface area (Å²) in [5.74, 6) is 7.31. The highest BCUT2D eigenvalue weighted by molar-refractivity contribution is 5.47. The topological polar surface area (TPSA) is 0 Å². The van der Waals surface area contributed by atoms with E-state index >= 15 is 0 Å². The lowest BCUT2D eigenvalue weighted by Crippen LogP contribution is -2.28. The van der Waals surface area contributed by atoms with Crippen LogP contribution in [0.3, 0.4) is 0 Å². The lowest BCUT2D eigenvalue weighted by molar-refractivity contribution is 0.199. The smallest absolute Gasteiger partial charge is 0.127 e. The number of hydrogen-bond acceptors (Lipinski definition) is 0. The maximum absolute atomic E-state index is 13.4. The molecule has 158 valence electrons. The Labute approximate surface area is 180 Å². The number of fused-ring (bicyclic) bond motifs is 3. The number of rotatable bonds is 5. The molecule has 3 atom stereocenters. The number of hydrogen-bond donors (Lipinski definition) is 0. The van der Waals surface area contributed by atoms with Gasteiger partial charge in [-0.2, -0.15) is 0 Å². The maximum atomic E-state index is 13.4. The normalized spacial score (nSPS) is 22.6. The summed E-state index contributed by atoms with van der Waals surface area (Å²) in [6.45, 7) is 2.28. The van der Waals surface area contributed by atoms with Gasteiger partial charge in [-0.15, -0.1) is 0 Å². The summed E-state index contributed by atoms with van der Waals surface area (Å²) in [7, 11) is 0. The van der Waals surface area contributed by atoms with E-state index in [1.54, 1.807) is 0 Å². The molecule has 0 aromatic heterocycles. The van der Waals surface area contributed by atoms with Crippen molar-refractivity contribution in [1.82, 2.24) is 0 Å². The van der Waals surface area contributed by atoms with Crippen molar-refractivity contribution in [3.63, 3.8) is 0 Å². The van der Waals surface area contributed by atoms with Crippen molar-refractivity contribution in [1.29, 1.82) is 0 Å². The van der Waals surface area contributed by atoms with Crippen LogP contribution < -0.4 is 0 Å². The van der Waals surface area contributed by atoms with Gasteiger partial charge in [0, 0.05) is 17.2 Å². The molecule has 2 aliphatic rings. The van der Waals surface area contributed by atoms with E-state index in [1.165, 1.54) is 81.0 Å². The van der Waals surface area contributed by atoms with E-state index in [4.69, 9.17) is 0 Å². The summed E-state index contributed by atoms with van der Waals surface area (Å²) in [6, 6.07) is 9.98. The molecule has 2 aromatic carbocycles. The Balaban J connectivity index is 1.42. The molecule has 2 aliphatic carbocycles. The van der Waals surface area contributed by atoms with Gasteiger partial charge in [0.25, 0.3) is 0 Å². The molecule has 1 fully saturated rings. The fourth-order valence-corrected chi connectivity index (χ4v) is 5.58. The van der Waals surface area contributed by atoms with Gasteiger partial charge in [-0.25, -0.2) is 8.78 Å². The summed E-state index contributed by atoms with van der Waals surface area (Å²) in [4.78, 5) is 0. The van der Waals surface area contributed by atoms with Crippen molar-refractivity contribution in [3.05, 3.63) is 70.3 Å². The van der Waals surface area contributed by atoms with E-state index in [1.807, 2.05) is 0 Å². The number of benzene rings is 2. The fourth-order valence-electron chi connectivity index (χ4n) is 5.58. The first-order valence-corrected chi connectivity index (χ1v) is 11.7. The van der Waals surface area contributed by atoms with Crippen molar-refractivity contribution < 1.29 is 8.78 Å². The van der Waals surface area contributed by atoms with Crippen LogP contribution in [0.2, 0.25) is 0 Å². The van der Waals surface area contributed by atoms with Crippen LogP contribution in [0.4, 0.5) is 8.78 Å². The molecule has 0 bridgehead atoms. The van der Waals surface area contributed by atoms with Crippen molar-refractivity contribution in [2.24, 2.45) is 11.8 Å². The predicted molar refractivity (Wildman–Crippen MR) is 119 cm³/mol. The van der Waals surface area contributed by atoms with Crippen LogP contribution in [0.5, 0.6) is 0 Å². The SMILES string of the molecule is CCCCCCC1CCC2c3ccc(C#Cc4cc(F)cc(F)c4)cc3CCC2C1. The summed E-state index contributed by atoms with van der Waals surface area (Å²) >= 11 is 0. The van der Waals surface area contributed by atoms with Gasteiger partial charge in [-0.05, 0) is 85.3 Å². The van der Waals surface area contributed by atoms with Crippen LogP contribution in [0.1, 0.15) is 92.9 Å². The predicted octanol–water partition coefficient (Wildman–Crippen LogP) is 7.78. The first-order chi connectivity index (χ1) is 14.6. The minimum Gasteiger partial charge on any atom is -0.207 e. The highest BCUT2D eigenvalue weighted by Gasteiger charge is 2.34. The van der Waals surface area contributed by atoms with Crippen molar-refractivity contribution in [3.8, 4) is 11.8 Å². The lowest BCUT2D eigenvalue weighted by atomic mass is 9.64. The van der Waals surface area contributed by atoms with E-state index in [2.05, 4.69) is 37.0 Å². The lowest BCUT2D eigenvalue weighted by Gasteiger charge is -2.40. The number of halogens is 2. The molecular weight excluding hydrogens is 374 g/mol. The second kappa shape index (κ2) is 9.78. The third-order valence-electron chi connectivity index (χ3n) is 7.10. The van der Waals surface area contributed by atoms with E-state index < -0.39 is 11.6 Å². The van der Waals surface area contributed by atoms with Gasteiger partial charge in [0.2, 0.25) is 0 Å². The molecule has 0 amide bonds. The maximum Gasteiger partial charge on any atom is 0.127 e. The zero-order valence-corrected chi connectivity index (χ0v) is 18.0. The van der Waals surface area contributed by atoms with Gasteiger partial charge in [-0.1, -0.05) is 56.9 Å². The summed E-state index contributed by atoms with van der Waals surface area (Å²) in [6.07, 6.45) is 13.4. The van der Waals surface area contributed by atoms with Crippen LogP contribution in [0.15, 0.2) is 36.4 Å². The minimum atomic E-state index is -0.586. The molecule has 1 saturated carbocycles. The van der Waals surface area contributed by atoms with Crippen molar-refractivity contribution in [2.45, 2.75) is 77.0 Å². The van der Waals surface area contributed by atoms with Gasteiger partial charge in [0.1, 0.15) is 11.6 Å². The average Bonchev–Trinajstić information content (AvgIpc) is 2.74. The molecule has 0 radical (unpaired) electrons. The monoisotopic (exact) mass is 406 g/mol. The molecule has 3 unspecified atom stereocenters.